The topological polar surface area (TPSA) is 52.2 Å². The van der Waals surface area contributed by atoms with E-state index in [1.807, 2.05) is 11.0 Å². The number of amides is 1. The van der Waals surface area contributed by atoms with Gasteiger partial charge in [0.1, 0.15) is 0 Å². The molecule has 3 heterocycles. The summed E-state index contributed by atoms with van der Waals surface area (Å²) in [5.41, 5.74) is 2.78. The first-order valence-electron chi connectivity index (χ1n) is 7.96. The number of nitrogens with one attached hydrogen (secondary N) is 1. The highest BCUT2D eigenvalue weighted by atomic mass is 16.2. The van der Waals surface area contributed by atoms with Crippen molar-refractivity contribution in [3.05, 3.63) is 41.8 Å². The van der Waals surface area contributed by atoms with Crippen LogP contribution in [0.25, 0.3) is 0 Å². The number of rotatable bonds is 3. The fraction of sp³-hybridized carbons (Fsp3) is 0.529. The SMILES string of the molecule is C=CC[C@@H]1CC=C[C@@H](C)N1C(=O)c1n[nH]c2c1CN(C)CC2. The van der Waals surface area contributed by atoms with E-state index in [1.165, 1.54) is 0 Å². The number of aromatic amines is 1. The Bertz CT molecular complexity index is 604. The van der Waals surface area contributed by atoms with Gasteiger partial charge in [0.25, 0.3) is 5.91 Å². The number of H-pyrrole nitrogens is 1. The molecule has 0 bridgehead atoms. The number of fused-ring (bicyclic) bond motifs is 1. The van der Waals surface area contributed by atoms with Gasteiger partial charge in [0.05, 0.1) is 0 Å². The Kier molecular flexibility index (Phi) is 4.16. The van der Waals surface area contributed by atoms with Gasteiger partial charge in [-0.1, -0.05) is 18.2 Å². The summed E-state index contributed by atoms with van der Waals surface area (Å²) in [7, 11) is 2.08. The molecule has 0 aliphatic carbocycles. The second-order valence-corrected chi connectivity index (χ2v) is 6.31. The van der Waals surface area contributed by atoms with Crippen LogP contribution in [0.2, 0.25) is 0 Å². The summed E-state index contributed by atoms with van der Waals surface area (Å²) in [5, 5.41) is 7.41. The summed E-state index contributed by atoms with van der Waals surface area (Å²) in [6.45, 7) is 7.68. The molecule has 5 heteroatoms. The minimum absolute atomic E-state index is 0.0384. The Morgan fingerprint density at radius 2 is 2.41 bits per heavy atom. The van der Waals surface area contributed by atoms with Crippen molar-refractivity contribution in [1.82, 2.24) is 20.0 Å². The minimum atomic E-state index is 0.0384. The largest absolute Gasteiger partial charge is 0.327 e. The van der Waals surface area contributed by atoms with Gasteiger partial charge in [-0.3, -0.25) is 9.89 Å². The van der Waals surface area contributed by atoms with E-state index >= 15 is 0 Å². The molecule has 0 saturated heterocycles. The van der Waals surface area contributed by atoms with Crippen molar-refractivity contribution < 1.29 is 4.79 Å². The van der Waals surface area contributed by atoms with Gasteiger partial charge < -0.3 is 9.80 Å². The normalized spacial score (nSPS) is 25.1. The number of aromatic nitrogens is 2. The molecule has 2 aliphatic heterocycles. The smallest absolute Gasteiger partial charge is 0.275 e. The summed E-state index contributed by atoms with van der Waals surface area (Å²) < 4.78 is 0. The Morgan fingerprint density at radius 3 is 3.18 bits per heavy atom. The van der Waals surface area contributed by atoms with Crippen molar-refractivity contribution in [3.63, 3.8) is 0 Å². The van der Waals surface area contributed by atoms with Gasteiger partial charge in [0, 0.05) is 42.9 Å². The zero-order valence-corrected chi connectivity index (χ0v) is 13.4. The van der Waals surface area contributed by atoms with Gasteiger partial charge in [-0.15, -0.1) is 6.58 Å². The molecule has 0 spiro atoms. The fourth-order valence-corrected chi connectivity index (χ4v) is 3.45. The van der Waals surface area contributed by atoms with E-state index in [1.54, 1.807) is 0 Å². The highest BCUT2D eigenvalue weighted by Gasteiger charge is 2.33. The highest BCUT2D eigenvalue weighted by Crippen LogP contribution is 2.26. The molecule has 2 aliphatic rings. The molecular weight excluding hydrogens is 276 g/mol. The van der Waals surface area contributed by atoms with Crippen LogP contribution >= 0.6 is 0 Å². The average molecular weight is 300 g/mol. The molecule has 118 valence electrons. The van der Waals surface area contributed by atoms with Crippen LogP contribution in [0.4, 0.5) is 0 Å². The summed E-state index contributed by atoms with van der Waals surface area (Å²) >= 11 is 0. The van der Waals surface area contributed by atoms with Gasteiger partial charge in [0.2, 0.25) is 0 Å². The Hall–Kier alpha value is -1.88. The van der Waals surface area contributed by atoms with Crippen molar-refractivity contribution >= 4 is 5.91 Å². The number of hydrogen-bond acceptors (Lipinski definition) is 3. The third-order valence-electron chi connectivity index (χ3n) is 4.66. The predicted molar refractivity (Wildman–Crippen MR) is 86.6 cm³/mol. The van der Waals surface area contributed by atoms with Gasteiger partial charge in [-0.25, -0.2) is 0 Å². The standard InChI is InChI=1S/C17H24N4O/c1-4-6-13-8-5-7-12(2)21(13)17(22)16-14-11-20(3)10-9-15(14)18-19-16/h4-5,7,12-13H,1,6,8-11H2,2-3H3,(H,18,19)/t12-,13-/m1/s1. The number of carbonyl (C=O) groups is 1. The van der Waals surface area contributed by atoms with E-state index in [0.29, 0.717) is 5.69 Å². The number of likely N-dealkylation sites (N-methyl/N-ethyl adjacent to an activating group) is 1. The number of hydrogen-bond donors (Lipinski definition) is 1. The van der Waals surface area contributed by atoms with E-state index in [0.717, 1.165) is 43.6 Å². The van der Waals surface area contributed by atoms with E-state index in [-0.39, 0.29) is 18.0 Å². The van der Waals surface area contributed by atoms with E-state index in [9.17, 15) is 4.79 Å². The lowest BCUT2D eigenvalue weighted by atomic mass is 9.98. The average Bonchev–Trinajstić information content (AvgIpc) is 2.90. The molecule has 22 heavy (non-hydrogen) atoms. The van der Waals surface area contributed by atoms with Crippen molar-refractivity contribution in [3.8, 4) is 0 Å². The number of nitrogens with zero attached hydrogens (tertiary/aromatic N) is 3. The zero-order valence-electron chi connectivity index (χ0n) is 13.4. The molecule has 1 amide bonds. The monoisotopic (exact) mass is 300 g/mol. The van der Waals surface area contributed by atoms with Crippen molar-refractivity contribution in [2.24, 2.45) is 0 Å². The van der Waals surface area contributed by atoms with Crippen LogP contribution in [0.3, 0.4) is 0 Å². The lowest BCUT2D eigenvalue weighted by Gasteiger charge is -2.37. The minimum Gasteiger partial charge on any atom is -0.327 e. The van der Waals surface area contributed by atoms with Crippen molar-refractivity contribution in [2.45, 2.75) is 44.8 Å². The highest BCUT2D eigenvalue weighted by molar-refractivity contribution is 5.94. The molecule has 0 saturated carbocycles. The Labute approximate surface area is 131 Å². The summed E-state index contributed by atoms with van der Waals surface area (Å²) in [5.74, 6) is 0.0384. The van der Waals surface area contributed by atoms with E-state index < -0.39 is 0 Å². The van der Waals surface area contributed by atoms with Gasteiger partial charge in [-0.05, 0) is 26.8 Å². The second-order valence-electron chi connectivity index (χ2n) is 6.31. The maximum absolute atomic E-state index is 13.1. The third kappa shape index (κ3) is 2.61. The van der Waals surface area contributed by atoms with Crippen LogP contribution in [0.1, 0.15) is 41.5 Å². The fourth-order valence-electron chi connectivity index (χ4n) is 3.45. The predicted octanol–water partition coefficient (Wildman–Crippen LogP) is 2.13. The summed E-state index contributed by atoms with van der Waals surface area (Å²) in [4.78, 5) is 17.3. The molecule has 5 nitrogen and oxygen atoms in total. The van der Waals surface area contributed by atoms with Crippen molar-refractivity contribution in [2.75, 3.05) is 13.6 Å². The Morgan fingerprint density at radius 1 is 1.59 bits per heavy atom. The van der Waals surface area contributed by atoms with E-state index in [2.05, 4.69) is 47.8 Å². The van der Waals surface area contributed by atoms with Crippen LogP contribution < -0.4 is 0 Å². The van der Waals surface area contributed by atoms with Gasteiger partial charge in [-0.2, -0.15) is 5.10 Å². The molecule has 1 aromatic rings. The second kappa shape index (κ2) is 6.08. The third-order valence-corrected chi connectivity index (χ3v) is 4.66. The Balaban J connectivity index is 1.91. The zero-order chi connectivity index (χ0) is 15.7. The molecule has 0 unspecified atom stereocenters. The molecule has 1 N–H and O–H groups in total. The van der Waals surface area contributed by atoms with Crippen LogP contribution in [-0.2, 0) is 13.0 Å². The first-order valence-corrected chi connectivity index (χ1v) is 7.96. The van der Waals surface area contributed by atoms with E-state index in [4.69, 9.17) is 0 Å². The molecule has 0 aromatic carbocycles. The molecular formula is C17H24N4O. The van der Waals surface area contributed by atoms with Crippen LogP contribution in [0.5, 0.6) is 0 Å². The van der Waals surface area contributed by atoms with Crippen LogP contribution in [0, 0.1) is 0 Å². The van der Waals surface area contributed by atoms with Gasteiger partial charge >= 0.3 is 0 Å². The maximum atomic E-state index is 13.1. The maximum Gasteiger partial charge on any atom is 0.275 e. The van der Waals surface area contributed by atoms with Gasteiger partial charge in [0.15, 0.2) is 5.69 Å². The lowest BCUT2D eigenvalue weighted by Crippen LogP contribution is -2.47. The molecule has 2 atom stereocenters. The first-order chi connectivity index (χ1) is 10.6. The van der Waals surface area contributed by atoms with Crippen LogP contribution in [0.15, 0.2) is 24.8 Å². The first kappa shape index (κ1) is 15.0. The summed E-state index contributed by atoms with van der Waals surface area (Å²) in [6.07, 6.45) is 8.78. The summed E-state index contributed by atoms with van der Waals surface area (Å²) in [6, 6.07) is 0.276. The molecule has 0 fully saturated rings. The number of carbonyl (C=O) groups excluding carboxylic acids is 1. The quantitative estimate of drug-likeness (QED) is 0.870. The lowest BCUT2D eigenvalue weighted by molar-refractivity contribution is 0.0613. The molecule has 0 radical (unpaired) electrons. The molecule has 3 rings (SSSR count). The molecule has 1 aromatic heterocycles. The van der Waals surface area contributed by atoms with Crippen LogP contribution in [-0.4, -0.2) is 51.6 Å². The van der Waals surface area contributed by atoms with Crippen molar-refractivity contribution in [1.29, 1.82) is 0 Å².